The molecular formula is C11H13N3O2. The first kappa shape index (κ1) is 10.6. The van der Waals surface area contributed by atoms with Crippen LogP contribution >= 0.6 is 0 Å². The van der Waals surface area contributed by atoms with Crippen molar-refractivity contribution in [3.05, 3.63) is 41.5 Å². The fourth-order valence-electron chi connectivity index (χ4n) is 1.37. The molecule has 2 aromatic rings. The largest absolute Gasteiger partial charge is 0.497 e. The Morgan fingerprint density at radius 2 is 2.06 bits per heavy atom. The van der Waals surface area contributed by atoms with Crippen molar-refractivity contribution in [3.8, 4) is 5.75 Å². The van der Waals surface area contributed by atoms with Gasteiger partial charge in [-0.1, -0.05) is 17.3 Å². The van der Waals surface area contributed by atoms with Crippen molar-refractivity contribution in [1.82, 2.24) is 10.1 Å². The van der Waals surface area contributed by atoms with Crippen molar-refractivity contribution in [1.29, 1.82) is 0 Å². The predicted molar refractivity (Wildman–Crippen MR) is 58.0 cm³/mol. The Bertz CT molecular complexity index is 451. The van der Waals surface area contributed by atoms with Crippen LogP contribution in [0.25, 0.3) is 0 Å². The lowest BCUT2D eigenvalue weighted by Gasteiger charge is -2.00. The van der Waals surface area contributed by atoms with Gasteiger partial charge in [-0.05, 0) is 17.7 Å². The standard InChI is InChI=1S/C11H13N3O2/c1-15-9-4-2-8(3-5-9)6-10-13-11(7-12)16-14-10/h2-5H,6-7,12H2,1H3. The zero-order valence-corrected chi connectivity index (χ0v) is 9.01. The first-order chi connectivity index (χ1) is 7.81. The van der Waals surface area contributed by atoms with Gasteiger partial charge in [-0.15, -0.1) is 0 Å². The molecule has 0 atom stereocenters. The number of ether oxygens (including phenoxy) is 1. The average Bonchev–Trinajstić information content (AvgIpc) is 2.78. The van der Waals surface area contributed by atoms with Gasteiger partial charge in [0.2, 0.25) is 5.89 Å². The molecule has 0 aliphatic rings. The smallest absolute Gasteiger partial charge is 0.240 e. The van der Waals surface area contributed by atoms with Gasteiger partial charge in [-0.3, -0.25) is 0 Å². The van der Waals surface area contributed by atoms with E-state index in [1.807, 2.05) is 24.3 Å². The van der Waals surface area contributed by atoms with Gasteiger partial charge >= 0.3 is 0 Å². The molecule has 5 heteroatoms. The van der Waals surface area contributed by atoms with Crippen LogP contribution in [0, 0.1) is 0 Å². The number of rotatable bonds is 4. The van der Waals surface area contributed by atoms with Crippen LogP contribution in [0.3, 0.4) is 0 Å². The van der Waals surface area contributed by atoms with Gasteiger partial charge in [0, 0.05) is 6.42 Å². The van der Waals surface area contributed by atoms with Gasteiger partial charge < -0.3 is 15.0 Å². The highest BCUT2D eigenvalue weighted by molar-refractivity contribution is 5.28. The zero-order valence-electron chi connectivity index (χ0n) is 9.01. The molecule has 1 aromatic carbocycles. The molecule has 0 radical (unpaired) electrons. The molecule has 2 rings (SSSR count). The molecule has 0 amide bonds. The van der Waals surface area contributed by atoms with E-state index < -0.39 is 0 Å². The number of nitrogens with two attached hydrogens (primary N) is 1. The Kier molecular flexibility index (Phi) is 3.16. The van der Waals surface area contributed by atoms with E-state index in [0.717, 1.165) is 11.3 Å². The predicted octanol–water partition coefficient (Wildman–Crippen LogP) is 1.13. The van der Waals surface area contributed by atoms with Crippen LogP contribution in [0.1, 0.15) is 17.3 Å². The fourth-order valence-corrected chi connectivity index (χ4v) is 1.37. The number of nitrogens with zero attached hydrogens (tertiary/aromatic N) is 2. The minimum absolute atomic E-state index is 0.273. The van der Waals surface area contributed by atoms with Gasteiger partial charge in [-0.2, -0.15) is 4.98 Å². The van der Waals surface area contributed by atoms with E-state index in [9.17, 15) is 0 Å². The van der Waals surface area contributed by atoms with Crippen LogP contribution < -0.4 is 10.5 Å². The Morgan fingerprint density at radius 1 is 1.31 bits per heavy atom. The maximum Gasteiger partial charge on any atom is 0.240 e. The third kappa shape index (κ3) is 2.38. The van der Waals surface area contributed by atoms with E-state index in [1.54, 1.807) is 7.11 Å². The van der Waals surface area contributed by atoms with E-state index >= 15 is 0 Å². The second kappa shape index (κ2) is 4.76. The van der Waals surface area contributed by atoms with Crippen LogP contribution in [0.5, 0.6) is 5.75 Å². The third-order valence-electron chi connectivity index (χ3n) is 2.21. The summed E-state index contributed by atoms with van der Waals surface area (Å²) >= 11 is 0. The van der Waals surface area contributed by atoms with Crippen molar-refractivity contribution in [2.45, 2.75) is 13.0 Å². The summed E-state index contributed by atoms with van der Waals surface area (Å²) in [4.78, 5) is 4.13. The summed E-state index contributed by atoms with van der Waals surface area (Å²) in [5, 5.41) is 3.83. The van der Waals surface area contributed by atoms with Crippen molar-refractivity contribution < 1.29 is 9.26 Å². The third-order valence-corrected chi connectivity index (χ3v) is 2.21. The van der Waals surface area contributed by atoms with Gasteiger partial charge in [0.15, 0.2) is 5.82 Å². The molecular weight excluding hydrogens is 206 g/mol. The molecule has 0 saturated carbocycles. The Labute approximate surface area is 93.2 Å². The quantitative estimate of drug-likeness (QED) is 0.834. The summed E-state index contributed by atoms with van der Waals surface area (Å²) in [6.07, 6.45) is 0.632. The lowest BCUT2D eigenvalue weighted by molar-refractivity contribution is 0.375. The second-order valence-electron chi connectivity index (χ2n) is 3.33. The number of methoxy groups -OCH3 is 1. The number of benzene rings is 1. The first-order valence-electron chi connectivity index (χ1n) is 4.96. The highest BCUT2D eigenvalue weighted by Gasteiger charge is 2.05. The minimum atomic E-state index is 0.273. The van der Waals surface area contributed by atoms with Crippen molar-refractivity contribution in [2.75, 3.05) is 7.11 Å². The number of hydrogen-bond acceptors (Lipinski definition) is 5. The maximum absolute atomic E-state index is 5.38. The first-order valence-corrected chi connectivity index (χ1v) is 4.96. The van der Waals surface area contributed by atoms with Crippen LogP contribution in [0.4, 0.5) is 0 Å². The van der Waals surface area contributed by atoms with Gasteiger partial charge in [0.05, 0.1) is 13.7 Å². The van der Waals surface area contributed by atoms with E-state index in [-0.39, 0.29) is 6.54 Å². The summed E-state index contributed by atoms with van der Waals surface area (Å²) in [6.45, 7) is 0.273. The van der Waals surface area contributed by atoms with Gasteiger partial charge in [0.25, 0.3) is 0 Å². The van der Waals surface area contributed by atoms with Crippen molar-refractivity contribution in [2.24, 2.45) is 5.73 Å². The monoisotopic (exact) mass is 219 g/mol. The van der Waals surface area contributed by atoms with Crippen molar-refractivity contribution in [3.63, 3.8) is 0 Å². The molecule has 0 aliphatic carbocycles. The highest BCUT2D eigenvalue weighted by Crippen LogP contribution is 2.13. The van der Waals surface area contributed by atoms with Crippen LogP contribution in [0.2, 0.25) is 0 Å². The average molecular weight is 219 g/mol. The number of aromatic nitrogens is 2. The molecule has 84 valence electrons. The van der Waals surface area contributed by atoms with E-state index in [1.165, 1.54) is 0 Å². The topological polar surface area (TPSA) is 74.2 Å². The Morgan fingerprint density at radius 3 is 2.62 bits per heavy atom. The number of hydrogen-bond donors (Lipinski definition) is 1. The molecule has 0 spiro atoms. The molecule has 0 fully saturated rings. The molecule has 0 bridgehead atoms. The molecule has 0 aliphatic heterocycles. The van der Waals surface area contributed by atoms with E-state index in [4.69, 9.17) is 15.0 Å². The maximum atomic E-state index is 5.38. The molecule has 0 unspecified atom stereocenters. The second-order valence-corrected chi connectivity index (χ2v) is 3.33. The molecule has 5 nitrogen and oxygen atoms in total. The molecule has 1 heterocycles. The summed E-state index contributed by atoms with van der Waals surface area (Å²) in [7, 11) is 1.64. The van der Waals surface area contributed by atoms with E-state index in [2.05, 4.69) is 10.1 Å². The minimum Gasteiger partial charge on any atom is -0.497 e. The Hall–Kier alpha value is -1.88. The summed E-state index contributed by atoms with van der Waals surface area (Å²) in [5.41, 5.74) is 6.48. The highest BCUT2D eigenvalue weighted by atomic mass is 16.5. The van der Waals surface area contributed by atoms with Gasteiger partial charge in [0.1, 0.15) is 5.75 Å². The SMILES string of the molecule is COc1ccc(Cc2noc(CN)n2)cc1. The normalized spacial score (nSPS) is 10.4. The lowest BCUT2D eigenvalue weighted by atomic mass is 10.1. The summed E-state index contributed by atoms with van der Waals surface area (Å²) in [6, 6.07) is 7.74. The molecule has 2 N–H and O–H groups in total. The van der Waals surface area contributed by atoms with Crippen LogP contribution in [0.15, 0.2) is 28.8 Å². The molecule has 1 aromatic heterocycles. The molecule has 0 saturated heterocycles. The van der Waals surface area contributed by atoms with Crippen LogP contribution in [-0.4, -0.2) is 17.3 Å². The van der Waals surface area contributed by atoms with Gasteiger partial charge in [-0.25, -0.2) is 0 Å². The van der Waals surface area contributed by atoms with Crippen molar-refractivity contribution >= 4 is 0 Å². The molecule has 16 heavy (non-hydrogen) atoms. The van der Waals surface area contributed by atoms with Crippen LogP contribution in [-0.2, 0) is 13.0 Å². The summed E-state index contributed by atoms with van der Waals surface area (Å²) < 4.78 is 9.99. The Balaban J connectivity index is 2.08. The van der Waals surface area contributed by atoms with E-state index in [0.29, 0.717) is 18.1 Å². The summed E-state index contributed by atoms with van der Waals surface area (Å²) in [5.74, 6) is 1.94. The zero-order chi connectivity index (χ0) is 11.4. The fraction of sp³-hybridized carbons (Fsp3) is 0.273. The lowest BCUT2D eigenvalue weighted by Crippen LogP contribution is -1.97.